The summed E-state index contributed by atoms with van der Waals surface area (Å²) in [6.45, 7) is 0.762. The zero-order chi connectivity index (χ0) is 15.1. The molecule has 22 heavy (non-hydrogen) atoms. The van der Waals surface area contributed by atoms with Crippen molar-refractivity contribution in [1.29, 1.82) is 0 Å². The van der Waals surface area contributed by atoms with Gasteiger partial charge in [0.05, 0.1) is 28.8 Å². The SMILES string of the molecule is Cn1c(C2CCCN2C(=O)c2cn[nH]c2)nc2ccccc21. The molecule has 112 valence electrons. The minimum Gasteiger partial charge on any atom is -0.329 e. The molecule has 1 aliphatic heterocycles. The molecular weight excluding hydrogens is 278 g/mol. The fourth-order valence-corrected chi connectivity index (χ4v) is 3.27. The molecule has 1 atom stereocenters. The van der Waals surface area contributed by atoms with Crippen LogP contribution in [0.5, 0.6) is 0 Å². The first-order valence-corrected chi connectivity index (χ1v) is 7.47. The fourth-order valence-electron chi connectivity index (χ4n) is 3.27. The Bertz CT molecular complexity index is 820. The first kappa shape index (κ1) is 13.1. The summed E-state index contributed by atoms with van der Waals surface area (Å²) in [6, 6.07) is 8.10. The molecule has 6 nitrogen and oxygen atoms in total. The van der Waals surface area contributed by atoms with Gasteiger partial charge >= 0.3 is 0 Å². The quantitative estimate of drug-likeness (QED) is 0.788. The van der Waals surface area contributed by atoms with Gasteiger partial charge in [-0.1, -0.05) is 12.1 Å². The van der Waals surface area contributed by atoms with E-state index in [4.69, 9.17) is 4.98 Å². The Kier molecular flexibility index (Phi) is 2.96. The van der Waals surface area contributed by atoms with Crippen LogP contribution >= 0.6 is 0 Å². The normalized spacial score (nSPS) is 18.2. The Morgan fingerprint density at radius 2 is 2.23 bits per heavy atom. The van der Waals surface area contributed by atoms with E-state index in [1.807, 2.05) is 30.1 Å². The lowest BCUT2D eigenvalue weighted by Gasteiger charge is -2.23. The van der Waals surface area contributed by atoms with Crippen LogP contribution in [-0.2, 0) is 7.05 Å². The van der Waals surface area contributed by atoms with Crippen molar-refractivity contribution in [1.82, 2.24) is 24.6 Å². The topological polar surface area (TPSA) is 66.8 Å². The number of hydrogen-bond donors (Lipinski definition) is 1. The van der Waals surface area contributed by atoms with Gasteiger partial charge in [-0.2, -0.15) is 5.10 Å². The van der Waals surface area contributed by atoms with Gasteiger partial charge in [0.15, 0.2) is 0 Å². The molecular formula is C16H17N5O. The van der Waals surface area contributed by atoms with Crippen LogP contribution in [-0.4, -0.2) is 37.1 Å². The minimum atomic E-state index is 0.0170. The van der Waals surface area contributed by atoms with Crippen molar-refractivity contribution in [3.8, 4) is 0 Å². The van der Waals surface area contributed by atoms with Crippen molar-refractivity contribution in [2.45, 2.75) is 18.9 Å². The Labute approximate surface area is 127 Å². The number of H-pyrrole nitrogens is 1. The van der Waals surface area contributed by atoms with E-state index in [1.54, 1.807) is 12.4 Å². The number of imidazole rings is 1. The van der Waals surface area contributed by atoms with Crippen LogP contribution in [0.1, 0.15) is 35.1 Å². The molecule has 2 aromatic heterocycles. The van der Waals surface area contributed by atoms with Gasteiger partial charge in [0, 0.05) is 19.8 Å². The van der Waals surface area contributed by atoms with E-state index in [0.717, 1.165) is 36.2 Å². The third kappa shape index (κ3) is 1.91. The first-order valence-electron chi connectivity index (χ1n) is 7.47. The number of carbonyl (C=O) groups excluding carboxylic acids is 1. The highest BCUT2D eigenvalue weighted by molar-refractivity contribution is 5.94. The molecule has 1 saturated heterocycles. The molecule has 3 heterocycles. The summed E-state index contributed by atoms with van der Waals surface area (Å²) >= 11 is 0. The van der Waals surface area contributed by atoms with Gasteiger partial charge in [-0.15, -0.1) is 0 Å². The lowest BCUT2D eigenvalue weighted by Crippen LogP contribution is -2.31. The average molecular weight is 295 g/mol. The molecule has 0 spiro atoms. The van der Waals surface area contributed by atoms with Crippen LogP contribution < -0.4 is 0 Å². The Hall–Kier alpha value is -2.63. The highest BCUT2D eigenvalue weighted by Crippen LogP contribution is 2.33. The molecule has 6 heteroatoms. The highest BCUT2D eigenvalue weighted by Gasteiger charge is 2.33. The maximum absolute atomic E-state index is 12.6. The summed E-state index contributed by atoms with van der Waals surface area (Å²) in [5, 5.41) is 6.57. The summed E-state index contributed by atoms with van der Waals surface area (Å²) in [6.07, 6.45) is 5.16. The number of aryl methyl sites for hydroxylation is 1. The van der Waals surface area contributed by atoms with E-state index in [9.17, 15) is 4.79 Å². The number of benzene rings is 1. The van der Waals surface area contributed by atoms with Gasteiger partial charge in [-0.3, -0.25) is 9.89 Å². The molecule has 0 bridgehead atoms. The molecule has 1 fully saturated rings. The Balaban J connectivity index is 1.73. The number of fused-ring (bicyclic) bond motifs is 1. The minimum absolute atomic E-state index is 0.0170. The van der Waals surface area contributed by atoms with E-state index >= 15 is 0 Å². The molecule has 0 radical (unpaired) electrons. The second kappa shape index (κ2) is 4.98. The summed E-state index contributed by atoms with van der Waals surface area (Å²) in [4.78, 5) is 19.3. The van der Waals surface area contributed by atoms with E-state index in [0.29, 0.717) is 5.56 Å². The van der Waals surface area contributed by atoms with Crippen LogP contribution in [0.3, 0.4) is 0 Å². The van der Waals surface area contributed by atoms with Gasteiger partial charge in [-0.05, 0) is 25.0 Å². The summed E-state index contributed by atoms with van der Waals surface area (Å²) in [5.41, 5.74) is 2.67. The highest BCUT2D eigenvalue weighted by atomic mass is 16.2. The number of aromatic amines is 1. The number of nitrogens with one attached hydrogen (secondary N) is 1. The number of aromatic nitrogens is 4. The maximum Gasteiger partial charge on any atom is 0.257 e. The van der Waals surface area contributed by atoms with Crippen LogP contribution in [0.25, 0.3) is 11.0 Å². The van der Waals surface area contributed by atoms with Crippen molar-refractivity contribution < 1.29 is 4.79 Å². The number of nitrogens with zero attached hydrogens (tertiary/aromatic N) is 4. The number of rotatable bonds is 2. The Morgan fingerprint density at radius 1 is 1.36 bits per heavy atom. The smallest absolute Gasteiger partial charge is 0.257 e. The van der Waals surface area contributed by atoms with Gasteiger partial charge in [0.1, 0.15) is 5.82 Å². The van der Waals surface area contributed by atoms with Crippen LogP contribution in [0, 0.1) is 0 Å². The van der Waals surface area contributed by atoms with E-state index in [-0.39, 0.29) is 11.9 Å². The summed E-state index contributed by atoms with van der Waals surface area (Å²) in [7, 11) is 2.02. The lowest BCUT2D eigenvalue weighted by molar-refractivity contribution is 0.0728. The van der Waals surface area contributed by atoms with Gasteiger partial charge in [0.2, 0.25) is 0 Å². The fraction of sp³-hybridized carbons (Fsp3) is 0.312. The van der Waals surface area contributed by atoms with Crippen molar-refractivity contribution in [2.75, 3.05) is 6.54 Å². The lowest BCUT2D eigenvalue weighted by atomic mass is 10.2. The molecule has 4 rings (SSSR count). The molecule has 1 aromatic carbocycles. The van der Waals surface area contributed by atoms with E-state index in [2.05, 4.69) is 20.8 Å². The summed E-state index contributed by atoms with van der Waals surface area (Å²) in [5.74, 6) is 0.971. The number of carbonyl (C=O) groups is 1. The Morgan fingerprint density at radius 3 is 3.00 bits per heavy atom. The molecule has 1 unspecified atom stereocenters. The number of hydrogen-bond acceptors (Lipinski definition) is 3. The second-order valence-corrected chi connectivity index (χ2v) is 5.66. The van der Waals surface area contributed by atoms with Crippen LogP contribution in [0.15, 0.2) is 36.7 Å². The first-order chi connectivity index (χ1) is 10.8. The van der Waals surface area contributed by atoms with E-state index < -0.39 is 0 Å². The van der Waals surface area contributed by atoms with Crippen molar-refractivity contribution in [3.63, 3.8) is 0 Å². The number of para-hydroxylation sites is 2. The third-order valence-electron chi connectivity index (χ3n) is 4.38. The average Bonchev–Trinajstić information content (AvgIpc) is 3.27. The molecule has 0 saturated carbocycles. The van der Waals surface area contributed by atoms with E-state index in [1.165, 1.54) is 0 Å². The standard InChI is InChI=1S/C16H17N5O/c1-20-13-6-3-2-5-12(13)19-15(20)14-7-4-8-21(14)16(22)11-9-17-18-10-11/h2-3,5-6,9-10,14H,4,7-8H2,1H3,(H,17,18). The van der Waals surface area contributed by atoms with Gasteiger partial charge < -0.3 is 9.47 Å². The predicted molar refractivity (Wildman–Crippen MR) is 82.3 cm³/mol. The number of amides is 1. The second-order valence-electron chi connectivity index (χ2n) is 5.66. The van der Waals surface area contributed by atoms with Gasteiger partial charge in [-0.25, -0.2) is 4.98 Å². The molecule has 0 aliphatic carbocycles. The zero-order valence-corrected chi connectivity index (χ0v) is 12.4. The largest absolute Gasteiger partial charge is 0.329 e. The van der Waals surface area contributed by atoms with Crippen LogP contribution in [0.4, 0.5) is 0 Å². The van der Waals surface area contributed by atoms with Gasteiger partial charge in [0.25, 0.3) is 5.91 Å². The van der Waals surface area contributed by atoms with Crippen LogP contribution in [0.2, 0.25) is 0 Å². The molecule has 1 aliphatic rings. The number of likely N-dealkylation sites (tertiary alicyclic amines) is 1. The van der Waals surface area contributed by atoms with Crippen molar-refractivity contribution >= 4 is 16.9 Å². The third-order valence-corrected chi connectivity index (χ3v) is 4.38. The van der Waals surface area contributed by atoms with Crippen molar-refractivity contribution in [3.05, 3.63) is 48.0 Å². The molecule has 1 amide bonds. The monoisotopic (exact) mass is 295 g/mol. The maximum atomic E-state index is 12.6. The van der Waals surface area contributed by atoms with Crippen molar-refractivity contribution in [2.24, 2.45) is 7.05 Å². The molecule has 3 aromatic rings. The zero-order valence-electron chi connectivity index (χ0n) is 12.4. The molecule has 1 N–H and O–H groups in total. The predicted octanol–water partition coefficient (Wildman–Crippen LogP) is 2.27. The summed E-state index contributed by atoms with van der Waals surface area (Å²) < 4.78 is 2.10.